The SMILES string of the molecule is O=C(CCc1ccncc1)Cc1cccc(C(F)(F)F)c1. The van der Waals surface area contributed by atoms with Crippen molar-refractivity contribution < 1.29 is 18.0 Å². The number of aryl methyl sites for hydroxylation is 1. The van der Waals surface area contributed by atoms with Gasteiger partial charge in [0.15, 0.2) is 0 Å². The van der Waals surface area contributed by atoms with Crippen molar-refractivity contribution in [2.45, 2.75) is 25.4 Å². The van der Waals surface area contributed by atoms with Gasteiger partial charge in [-0.05, 0) is 35.7 Å². The van der Waals surface area contributed by atoms with Crippen LogP contribution in [-0.4, -0.2) is 10.8 Å². The molecule has 0 N–H and O–H groups in total. The summed E-state index contributed by atoms with van der Waals surface area (Å²) in [4.78, 5) is 15.7. The molecular weight excluding hydrogens is 279 g/mol. The highest BCUT2D eigenvalue weighted by Gasteiger charge is 2.30. The summed E-state index contributed by atoms with van der Waals surface area (Å²) < 4.78 is 37.8. The molecule has 0 amide bonds. The van der Waals surface area contributed by atoms with Crippen LogP contribution in [0.1, 0.15) is 23.1 Å². The minimum absolute atomic E-state index is 0.0228. The van der Waals surface area contributed by atoms with Crippen molar-refractivity contribution in [1.82, 2.24) is 4.98 Å². The van der Waals surface area contributed by atoms with Crippen LogP contribution in [0.3, 0.4) is 0 Å². The lowest BCUT2D eigenvalue weighted by atomic mass is 10.0. The van der Waals surface area contributed by atoms with Crippen LogP contribution >= 0.6 is 0 Å². The summed E-state index contributed by atoms with van der Waals surface area (Å²) in [6, 6.07) is 8.54. The normalized spacial score (nSPS) is 11.4. The molecule has 110 valence electrons. The maximum Gasteiger partial charge on any atom is 0.416 e. The van der Waals surface area contributed by atoms with E-state index in [4.69, 9.17) is 0 Å². The van der Waals surface area contributed by atoms with E-state index in [2.05, 4.69) is 4.98 Å². The molecule has 1 heterocycles. The van der Waals surface area contributed by atoms with Gasteiger partial charge in [-0.1, -0.05) is 18.2 Å². The van der Waals surface area contributed by atoms with Gasteiger partial charge in [-0.25, -0.2) is 0 Å². The molecule has 2 rings (SSSR count). The summed E-state index contributed by atoms with van der Waals surface area (Å²) in [5, 5.41) is 0. The summed E-state index contributed by atoms with van der Waals surface area (Å²) in [6.45, 7) is 0. The lowest BCUT2D eigenvalue weighted by Crippen LogP contribution is -2.08. The molecule has 0 atom stereocenters. The van der Waals surface area contributed by atoms with Crippen molar-refractivity contribution in [2.75, 3.05) is 0 Å². The number of rotatable bonds is 5. The van der Waals surface area contributed by atoms with Crippen LogP contribution in [0.5, 0.6) is 0 Å². The molecule has 0 aliphatic rings. The molecule has 0 aliphatic carbocycles. The Morgan fingerprint density at radius 2 is 1.76 bits per heavy atom. The predicted octanol–water partition coefficient (Wildman–Crippen LogP) is 3.84. The Kier molecular flexibility index (Phi) is 4.73. The summed E-state index contributed by atoms with van der Waals surface area (Å²) in [6.07, 6.45) is -0.190. The van der Waals surface area contributed by atoms with Crippen LogP contribution in [0.4, 0.5) is 13.2 Å². The first-order chi connectivity index (χ1) is 9.95. The fourth-order valence-electron chi connectivity index (χ4n) is 2.01. The van der Waals surface area contributed by atoms with Crippen LogP contribution < -0.4 is 0 Å². The maximum absolute atomic E-state index is 12.6. The molecule has 0 bridgehead atoms. The summed E-state index contributed by atoms with van der Waals surface area (Å²) in [5.41, 5.74) is 0.661. The Bertz CT molecular complexity index is 608. The highest BCUT2D eigenvalue weighted by Crippen LogP contribution is 2.29. The third kappa shape index (κ3) is 4.70. The quantitative estimate of drug-likeness (QED) is 0.838. The molecule has 0 spiro atoms. The summed E-state index contributed by atoms with van der Waals surface area (Å²) >= 11 is 0. The molecular formula is C16H14F3NO. The van der Waals surface area contributed by atoms with Gasteiger partial charge < -0.3 is 0 Å². The van der Waals surface area contributed by atoms with Crippen LogP contribution in [0, 0.1) is 0 Å². The highest BCUT2D eigenvalue weighted by atomic mass is 19.4. The Hall–Kier alpha value is -2.17. The lowest BCUT2D eigenvalue weighted by molar-refractivity contribution is -0.137. The van der Waals surface area contributed by atoms with E-state index >= 15 is 0 Å². The predicted molar refractivity (Wildman–Crippen MR) is 72.7 cm³/mol. The third-order valence-electron chi connectivity index (χ3n) is 3.10. The fraction of sp³-hybridized carbons (Fsp3) is 0.250. The number of ketones is 1. The number of aromatic nitrogens is 1. The molecule has 1 aromatic carbocycles. The monoisotopic (exact) mass is 293 g/mol. The molecule has 0 fully saturated rings. The average Bonchev–Trinajstić information content (AvgIpc) is 2.46. The van der Waals surface area contributed by atoms with Crippen molar-refractivity contribution in [3.63, 3.8) is 0 Å². The minimum Gasteiger partial charge on any atom is -0.299 e. The van der Waals surface area contributed by atoms with Gasteiger partial charge in [-0.3, -0.25) is 9.78 Å². The zero-order valence-electron chi connectivity index (χ0n) is 11.2. The minimum atomic E-state index is -4.38. The van der Waals surface area contributed by atoms with Gasteiger partial charge in [0.25, 0.3) is 0 Å². The maximum atomic E-state index is 12.6. The Morgan fingerprint density at radius 1 is 1.05 bits per heavy atom. The van der Waals surface area contributed by atoms with Crippen LogP contribution in [-0.2, 0) is 23.8 Å². The molecule has 21 heavy (non-hydrogen) atoms. The van der Waals surface area contributed by atoms with Crippen molar-refractivity contribution in [3.05, 3.63) is 65.5 Å². The second-order valence-electron chi connectivity index (χ2n) is 4.77. The molecule has 2 nitrogen and oxygen atoms in total. The molecule has 0 radical (unpaired) electrons. The van der Waals surface area contributed by atoms with E-state index in [0.717, 1.165) is 17.7 Å². The number of benzene rings is 1. The molecule has 0 unspecified atom stereocenters. The number of pyridine rings is 1. The van der Waals surface area contributed by atoms with Crippen LogP contribution in [0.15, 0.2) is 48.8 Å². The number of alkyl halides is 3. The third-order valence-corrected chi connectivity index (χ3v) is 3.10. The van der Waals surface area contributed by atoms with Crippen LogP contribution in [0.25, 0.3) is 0 Å². The first-order valence-corrected chi connectivity index (χ1v) is 6.52. The van der Waals surface area contributed by atoms with E-state index < -0.39 is 11.7 Å². The fourth-order valence-corrected chi connectivity index (χ4v) is 2.01. The number of hydrogen-bond acceptors (Lipinski definition) is 2. The standard InChI is InChI=1S/C16H14F3NO/c17-16(18,19)14-3-1-2-13(10-14)11-15(21)5-4-12-6-8-20-9-7-12/h1-3,6-10H,4-5,11H2. The van der Waals surface area contributed by atoms with Gasteiger partial charge in [0, 0.05) is 25.2 Å². The van der Waals surface area contributed by atoms with E-state index in [1.165, 1.54) is 6.07 Å². The van der Waals surface area contributed by atoms with E-state index in [1.54, 1.807) is 18.5 Å². The van der Waals surface area contributed by atoms with Gasteiger partial charge in [-0.15, -0.1) is 0 Å². The van der Waals surface area contributed by atoms with E-state index in [1.807, 2.05) is 12.1 Å². The smallest absolute Gasteiger partial charge is 0.299 e. The Balaban J connectivity index is 1.94. The van der Waals surface area contributed by atoms with Gasteiger partial charge in [0.1, 0.15) is 5.78 Å². The number of hydrogen-bond donors (Lipinski definition) is 0. The number of halogens is 3. The van der Waals surface area contributed by atoms with Gasteiger partial charge in [0.2, 0.25) is 0 Å². The summed E-state index contributed by atoms with van der Waals surface area (Å²) in [5.74, 6) is -0.0777. The topological polar surface area (TPSA) is 30.0 Å². The first kappa shape index (κ1) is 15.2. The number of Topliss-reactive ketones (excluding diaryl/α,β-unsaturated/α-hetero) is 1. The van der Waals surface area contributed by atoms with E-state index in [0.29, 0.717) is 18.4 Å². The van der Waals surface area contributed by atoms with Crippen molar-refractivity contribution >= 4 is 5.78 Å². The van der Waals surface area contributed by atoms with Crippen molar-refractivity contribution in [3.8, 4) is 0 Å². The Labute approximate surface area is 120 Å². The zero-order chi connectivity index (χ0) is 15.3. The summed E-state index contributed by atoms with van der Waals surface area (Å²) in [7, 11) is 0. The Morgan fingerprint density at radius 3 is 2.43 bits per heavy atom. The number of nitrogens with zero attached hydrogens (tertiary/aromatic N) is 1. The van der Waals surface area contributed by atoms with Gasteiger partial charge in [0.05, 0.1) is 5.56 Å². The molecule has 0 saturated carbocycles. The number of carbonyl (C=O) groups is 1. The van der Waals surface area contributed by atoms with Crippen molar-refractivity contribution in [1.29, 1.82) is 0 Å². The van der Waals surface area contributed by atoms with Gasteiger partial charge in [-0.2, -0.15) is 13.2 Å². The van der Waals surface area contributed by atoms with Crippen LogP contribution in [0.2, 0.25) is 0 Å². The molecule has 5 heteroatoms. The van der Waals surface area contributed by atoms with E-state index in [-0.39, 0.29) is 12.2 Å². The molecule has 1 aromatic heterocycles. The second-order valence-corrected chi connectivity index (χ2v) is 4.77. The number of carbonyl (C=O) groups excluding carboxylic acids is 1. The van der Waals surface area contributed by atoms with Gasteiger partial charge >= 0.3 is 6.18 Å². The lowest BCUT2D eigenvalue weighted by Gasteiger charge is -2.08. The van der Waals surface area contributed by atoms with Crippen molar-refractivity contribution in [2.24, 2.45) is 0 Å². The molecule has 0 aliphatic heterocycles. The highest BCUT2D eigenvalue weighted by molar-refractivity contribution is 5.81. The molecule has 0 saturated heterocycles. The van der Waals surface area contributed by atoms with E-state index in [9.17, 15) is 18.0 Å². The second kappa shape index (κ2) is 6.52. The first-order valence-electron chi connectivity index (χ1n) is 6.52. The average molecular weight is 293 g/mol. The largest absolute Gasteiger partial charge is 0.416 e. The molecule has 2 aromatic rings. The zero-order valence-corrected chi connectivity index (χ0v) is 11.2.